The van der Waals surface area contributed by atoms with Crippen molar-refractivity contribution >= 4 is 21.6 Å². The quantitative estimate of drug-likeness (QED) is 0.756. The van der Waals surface area contributed by atoms with E-state index in [1.807, 2.05) is 0 Å². The molecule has 7 nitrogen and oxygen atoms in total. The molecule has 0 bridgehead atoms. The van der Waals surface area contributed by atoms with Crippen molar-refractivity contribution in [1.82, 2.24) is 13.9 Å². The third kappa shape index (κ3) is 2.62. The Morgan fingerprint density at radius 2 is 1.96 bits per heavy atom. The summed E-state index contributed by atoms with van der Waals surface area (Å²) in [6.07, 6.45) is 3.85. The fourth-order valence-corrected chi connectivity index (χ4v) is 5.08. The molecule has 3 heterocycles. The van der Waals surface area contributed by atoms with Gasteiger partial charge in [-0.3, -0.25) is 4.79 Å². The number of hydrogen-bond donors (Lipinski definition) is 0. The monoisotopic (exact) mass is 378 g/mol. The third-order valence-electron chi connectivity index (χ3n) is 5.24. The molecule has 2 aliphatic rings. The number of piperidine rings is 1. The topological polar surface area (TPSA) is 75.5 Å². The van der Waals surface area contributed by atoms with Gasteiger partial charge in [-0.25, -0.2) is 17.8 Å². The van der Waals surface area contributed by atoms with Gasteiger partial charge in [0.2, 0.25) is 5.91 Å². The van der Waals surface area contributed by atoms with Crippen molar-refractivity contribution in [2.24, 2.45) is 12.5 Å². The van der Waals surface area contributed by atoms with Crippen molar-refractivity contribution in [1.29, 1.82) is 0 Å². The zero-order valence-electron chi connectivity index (χ0n) is 14.3. The fourth-order valence-electron chi connectivity index (χ4n) is 3.67. The largest absolute Gasteiger partial charge is 0.339 e. The van der Waals surface area contributed by atoms with Gasteiger partial charge in [-0.05, 0) is 31.0 Å². The van der Waals surface area contributed by atoms with Crippen LogP contribution in [0, 0.1) is 11.2 Å². The van der Waals surface area contributed by atoms with E-state index in [2.05, 4.69) is 4.98 Å². The summed E-state index contributed by atoms with van der Waals surface area (Å²) in [5.74, 6) is -0.439. The third-order valence-corrected chi connectivity index (χ3v) is 7.03. The maximum absolute atomic E-state index is 13.4. The van der Waals surface area contributed by atoms with Crippen LogP contribution in [0.1, 0.15) is 12.8 Å². The standard InChI is InChI=1S/C17H19FN4O3S/c1-20-10-15(19-12-20)26(24,25)21-7-5-17(6-8-21)11-22(16(17)23)14-4-2-3-13(18)9-14/h2-4,9-10,12H,5-8,11H2,1H3. The first-order valence-electron chi connectivity index (χ1n) is 8.38. The van der Waals surface area contributed by atoms with Gasteiger partial charge in [0.25, 0.3) is 10.0 Å². The minimum absolute atomic E-state index is 0.0253. The molecular formula is C17H19FN4O3S. The number of aryl methyl sites for hydroxylation is 1. The van der Waals surface area contributed by atoms with Gasteiger partial charge < -0.3 is 9.47 Å². The highest BCUT2D eigenvalue weighted by Crippen LogP contribution is 2.44. The molecule has 0 atom stereocenters. The lowest BCUT2D eigenvalue weighted by molar-refractivity contribution is -0.137. The maximum atomic E-state index is 13.4. The van der Waals surface area contributed by atoms with Crippen LogP contribution in [0.4, 0.5) is 10.1 Å². The highest BCUT2D eigenvalue weighted by molar-refractivity contribution is 7.89. The molecule has 1 spiro atoms. The van der Waals surface area contributed by atoms with Crippen LogP contribution in [0.25, 0.3) is 0 Å². The molecule has 0 N–H and O–H groups in total. The summed E-state index contributed by atoms with van der Waals surface area (Å²) in [4.78, 5) is 18.2. The predicted molar refractivity (Wildman–Crippen MR) is 92.4 cm³/mol. The molecule has 2 aromatic rings. The highest BCUT2D eigenvalue weighted by Gasteiger charge is 2.54. The molecule has 1 aromatic carbocycles. The van der Waals surface area contributed by atoms with Gasteiger partial charge in [0.05, 0.1) is 11.7 Å². The molecule has 4 rings (SSSR count). The maximum Gasteiger partial charge on any atom is 0.262 e. The number of aromatic nitrogens is 2. The minimum atomic E-state index is -3.64. The van der Waals surface area contributed by atoms with Crippen molar-refractivity contribution < 1.29 is 17.6 Å². The lowest BCUT2D eigenvalue weighted by Crippen LogP contribution is -2.65. The summed E-state index contributed by atoms with van der Waals surface area (Å²) in [7, 11) is -1.92. The SMILES string of the molecule is Cn1cnc(S(=O)(=O)N2CCC3(CC2)CN(c2cccc(F)c2)C3=O)c1. The van der Waals surface area contributed by atoms with Crippen LogP contribution in [0.15, 0.2) is 41.8 Å². The number of halogens is 1. The summed E-state index contributed by atoms with van der Waals surface area (Å²) in [5, 5.41) is 0.0253. The normalized spacial score (nSPS) is 20.4. The smallest absolute Gasteiger partial charge is 0.262 e. The van der Waals surface area contributed by atoms with E-state index in [4.69, 9.17) is 0 Å². The molecule has 0 aliphatic carbocycles. The molecule has 2 saturated heterocycles. The Kier molecular flexibility index (Phi) is 3.89. The molecule has 0 saturated carbocycles. The summed E-state index contributed by atoms with van der Waals surface area (Å²) in [5.41, 5.74) is 0.00629. The van der Waals surface area contributed by atoms with E-state index in [9.17, 15) is 17.6 Å². The number of anilines is 1. The Morgan fingerprint density at radius 1 is 1.23 bits per heavy atom. The first kappa shape index (κ1) is 17.2. The molecule has 9 heteroatoms. The van der Waals surface area contributed by atoms with Gasteiger partial charge in [-0.2, -0.15) is 4.31 Å². The lowest BCUT2D eigenvalue weighted by atomic mass is 9.71. The second-order valence-corrected chi connectivity index (χ2v) is 8.82. The number of carbonyl (C=O) groups is 1. The lowest BCUT2D eigenvalue weighted by Gasteiger charge is -2.52. The number of nitrogens with zero attached hydrogens (tertiary/aromatic N) is 4. The molecule has 2 aliphatic heterocycles. The Bertz CT molecular complexity index is 964. The zero-order valence-corrected chi connectivity index (χ0v) is 15.1. The fraction of sp³-hybridized carbons (Fsp3) is 0.412. The molecule has 1 aromatic heterocycles. The Morgan fingerprint density at radius 3 is 2.54 bits per heavy atom. The molecule has 26 heavy (non-hydrogen) atoms. The molecule has 0 radical (unpaired) electrons. The second kappa shape index (κ2) is 5.88. The molecule has 0 unspecified atom stereocenters. The van der Waals surface area contributed by atoms with Crippen LogP contribution in [-0.4, -0.2) is 47.8 Å². The average molecular weight is 378 g/mol. The van der Waals surface area contributed by atoms with Gasteiger partial charge >= 0.3 is 0 Å². The van der Waals surface area contributed by atoms with Crippen LogP contribution in [-0.2, 0) is 21.9 Å². The molecule has 2 fully saturated rings. The van der Waals surface area contributed by atoms with Crippen molar-refractivity contribution in [3.05, 3.63) is 42.6 Å². The van der Waals surface area contributed by atoms with E-state index in [1.165, 1.54) is 29.0 Å². The second-order valence-electron chi connectivity index (χ2n) is 6.93. The first-order valence-corrected chi connectivity index (χ1v) is 9.82. The Labute approximate surface area is 151 Å². The Balaban J connectivity index is 1.45. The highest BCUT2D eigenvalue weighted by atomic mass is 32.2. The van der Waals surface area contributed by atoms with Gasteiger partial charge in [0.1, 0.15) is 5.82 Å². The average Bonchev–Trinajstić information content (AvgIpc) is 3.07. The number of hydrogen-bond acceptors (Lipinski definition) is 4. The van der Waals surface area contributed by atoms with Crippen LogP contribution in [0.5, 0.6) is 0 Å². The van der Waals surface area contributed by atoms with Gasteiger partial charge in [0, 0.05) is 38.6 Å². The zero-order chi connectivity index (χ0) is 18.5. The van der Waals surface area contributed by atoms with Crippen LogP contribution < -0.4 is 4.90 Å². The van der Waals surface area contributed by atoms with E-state index in [0.717, 1.165) is 0 Å². The number of amides is 1. The van der Waals surface area contributed by atoms with Gasteiger partial charge in [0.15, 0.2) is 5.03 Å². The number of carbonyl (C=O) groups excluding carboxylic acids is 1. The first-order chi connectivity index (χ1) is 12.3. The summed E-state index contributed by atoms with van der Waals surface area (Å²) in [6.45, 7) is 1.05. The number of sulfonamides is 1. The van der Waals surface area contributed by atoms with E-state index in [0.29, 0.717) is 25.1 Å². The molecule has 138 valence electrons. The van der Waals surface area contributed by atoms with E-state index < -0.39 is 15.4 Å². The predicted octanol–water partition coefficient (Wildman–Crippen LogP) is 1.38. The van der Waals surface area contributed by atoms with Crippen molar-refractivity contribution in [2.75, 3.05) is 24.5 Å². The van der Waals surface area contributed by atoms with Crippen LogP contribution in [0.2, 0.25) is 0 Å². The number of β-lactam (4-membered cyclic amide) rings is 1. The minimum Gasteiger partial charge on any atom is -0.339 e. The van der Waals surface area contributed by atoms with Crippen molar-refractivity contribution in [3.8, 4) is 0 Å². The van der Waals surface area contributed by atoms with Crippen LogP contribution in [0.3, 0.4) is 0 Å². The molecule has 1 amide bonds. The number of rotatable bonds is 3. The summed E-state index contributed by atoms with van der Waals surface area (Å²) < 4.78 is 41.6. The van der Waals surface area contributed by atoms with Crippen molar-refractivity contribution in [3.63, 3.8) is 0 Å². The van der Waals surface area contributed by atoms with Crippen molar-refractivity contribution in [2.45, 2.75) is 17.9 Å². The Hall–Kier alpha value is -2.26. The van der Waals surface area contributed by atoms with Crippen LogP contribution >= 0.6 is 0 Å². The number of imidazole rings is 1. The van der Waals surface area contributed by atoms with Gasteiger partial charge in [-0.15, -0.1) is 0 Å². The van der Waals surface area contributed by atoms with Gasteiger partial charge in [-0.1, -0.05) is 6.07 Å². The van der Waals surface area contributed by atoms with E-state index in [1.54, 1.807) is 28.6 Å². The molecular weight excluding hydrogens is 359 g/mol. The number of benzene rings is 1. The van der Waals surface area contributed by atoms with E-state index in [-0.39, 0.29) is 29.8 Å². The van der Waals surface area contributed by atoms with E-state index >= 15 is 0 Å². The summed E-state index contributed by atoms with van der Waals surface area (Å²) in [6, 6.07) is 5.95. The summed E-state index contributed by atoms with van der Waals surface area (Å²) >= 11 is 0.